The van der Waals surface area contributed by atoms with E-state index in [4.69, 9.17) is 9.72 Å². The predicted molar refractivity (Wildman–Crippen MR) is 118 cm³/mol. The number of anilines is 1. The van der Waals surface area contributed by atoms with Crippen LogP contribution in [0.4, 0.5) is 5.69 Å². The van der Waals surface area contributed by atoms with Crippen LogP contribution in [0.3, 0.4) is 0 Å². The number of hydrogen-bond acceptors (Lipinski definition) is 5. The van der Waals surface area contributed by atoms with Gasteiger partial charge in [-0.05, 0) is 47.5 Å². The van der Waals surface area contributed by atoms with Gasteiger partial charge in [0.2, 0.25) is 0 Å². The highest BCUT2D eigenvalue weighted by molar-refractivity contribution is 6.06. The lowest BCUT2D eigenvalue weighted by atomic mass is 10.0. The van der Waals surface area contributed by atoms with Crippen molar-refractivity contribution in [1.82, 2.24) is 9.97 Å². The van der Waals surface area contributed by atoms with Crippen LogP contribution in [-0.4, -0.2) is 35.2 Å². The molecule has 4 aromatic rings. The summed E-state index contributed by atoms with van der Waals surface area (Å²) in [6.07, 6.45) is 1.86. The second-order valence-corrected chi connectivity index (χ2v) is 7.19. The first-order valence-corrected chi connectivity index (χ1v) is 9.74. The lowest BCUT2D eigenvalue weighted by Gasteiger charge is -2.06. The summed E-state index contributed by atoms with van der Waals surface area (Å²) in [6, 6.07) is 19.8. The lowest BCUT2D eigenvalue weighted by Crippen LogP contribution is -2.13. The summed E-state index contributed by atoms with van der Waals surface area (Å²) in [4.78, 5) is 37.0. The topological polar surface area (TPSA) is 96.4 Å². The third-order valence-electron chi connectivity index (χ3n) is 5.22. The molecule has 1 atom stereocenters. The van der Waals surface area contributed by atoms with E-state index in [1.54, 1.807) is 24.3 Å². The van der Waals surface area contributed by atoms with Crippen LogP contribution in [0.2, 0.25) is 0 Å². The number of amides is 1. The van der Waals surface area contributed by atoms with Gasteiger partial charge in [-0.25, -0.2) is 9.78 Å². The molecule has 1 aliphatic rings. The van der Waals surface area contributed by atoms with Crippen LogP contribution in [0.1, 0.15) is 43.7 Å². The van der Waals surface area contributed by atoms with Crippen molar-refractivity contribution in [3.05, 3.63) is 94.8 Å². The van der Waals surface area contributed by atoms with Crippen molar-refractivity contribution >= 4 is 34.8 Å². The Morgan fingerprint density at radius 3 is 2.71 bits per heavy atom. The molecule has 2 N–H and O–H groups in total. The SMILES string of the molecule is COC(=O)c1cccc(C(=O)Nc2ccc3[nH]c(C4N=Cc5ccccc54)nc3c2)c1. The summed E-state index contributed by atoms with van der Waals surface area (Å²) in [5.41, 5.74) is 5.09. The second kappa shape index (κ2) is 7.53. The average Bonchev–Trinajstić information content (AvgIpc) is 3.42. The van der Waals surface area contributed by atoms with Gasteiger partial charge in [0.25, 0.3) is 5.91 Å². The molecule has 0 bridgehead atoms. The fraction of sp³-hybridized carbons (Fsp3) is 0.0833. The quantitative estimate of drug-likeness (QED) is 0.495. The van der Waals surface area contributed by atoms with Crippen molar-refractivity contribution in [1.29, 1.82) is 0 Å². The normalized spacial score (nSPS) is 14.4. The van der Waals surface area contributed by atoms with E-state index < -0.39 is 5.97 Å². The Labute approximate surface area is 177 Å². The van der Waals surface area contributed by atoms with E-state index in [0.717, 1.165) is 28.0 Å². The number of H-pyrrole nitrogens is 1. The molecule has 0 saturated heterocycles. The summed E-state index contributed by atoms with van der Waals surface area (Å²) in [7, 11) is 1.30. The molecule has 0 fully saturated rings. The summed E-state index contributed by atoms with van der Waals surface area (Å²) in [5, 5.41) is 2.85. The number of nitrogens with zero attached hydrogens (tertiary/aromatic N) is 2. The van der Waals surface area contributed by atoms with Crippen LogP contribution in [0.15, 0.2) is 71.7 Å². The van der Waals surface area contributed by atoms with Gasteiger partial charge >= 0.3 is 5.97 Å². The Kier molecular flexibility index (Phi) is 4.55. The van der Waals surface area contributed by atoms with Crippen molar-refractivity contribution in [3.63, 3.8) is 0 Å². The summed E-state index contributed by atoms with van der Waals surface area (Å²) in [6.45, 7) is 0. The minimum absolute atomic E-state index is 0.164. The number of nitrogens with one attached hydrogen (secondary N) is 2. The average molecular weight is 410 g/mol. The molecular formula is C24H18N4O3. The smallest absolute Gasteiger partial charge is 0.337 e. The zero-order chi connectivity index (χ0) is 21.4. The zero-order valence-corrected chi connectivity index (χ0v) is 16.6. The number of rotatable bonds is 4. The van der Waals surface area contributed by atoms with Gasteiger partial charge in [-0.2, -0.15) is 0 Å². The number of fused-ring (bicyclic) bond motifs is 2. The summed E-state index contributed by atoms with van der Waals surface area (Å²) in [5.74, 6) is -0.0584. The van der Waals surface area contributed by atoms with Crippen LogP contribution in [-0.2, 0) is 4.74 Å². The molecule has 1 amide bonds. The zero-order valence-electron chi connectivity index (χ0n) is 16.6. The molecule has 0 radical (unpaired) electrons. The van der Waals surface area contributed by atoms with Gasteiger partial charge in [-0.3, -0.25) is 9.79 Å². The van der Waals surface area contributed by atoms with E-state index in [9.17, 15) is 9.59 Å². The van der Waals surface area contributed by atoms with Gasteiger partial charge in [0, 0.05) is 17.5 Å². The number of imidazole rings is 1. The van der Waals surface area contributed by atoms with Crippen molar-refractivity contribution in [2.45, 2.75) is 6.04 Å². The standard InChI is InChI=1S/C24H18N4O3/c1-31-24(30)15-7-4-6-14(11-15)23(29)26-17-9-10-19-20(12-17)28-22(27-19)21-18-8-3-2-5-16(18)13-25-21/h2-13,21H,1H3,(H,26,29)(H,27,28). The first kappa shape index (κ1) is 18.7. The number of carbonyl (C=O) groups is 2. The van der Waals surface area contributed by atoms with Crippen molar-refractivity contribution < 1.29 is 14.3 Å². The molecule has 7 nitrogen and oxygen atoms in total. The molecular weight excluding hydrogens is 392 g/mol. The van der Waals surface area contributed by atoms with Crippen molar-refractivity contribution in [2.75, 3.05) is 12.4 Å². The molecule has 152 valence electrons. The van der Waals surface area contributed by atoms with Gasteiger partial charge in [-0.15, -0.1) is 0 Å². The fourth-order valence-corrected chi connectivity index (χ4v) is 3.67. The Bertz CT molecular complexity index is 1360. The van der Waals surface area contributed by atoms with Crippen LogP contribution >= 0.6 is 0 Å². The lowest BCUT2D eigenvalue weighted by molar-refractivity contribution is 0.0600. The van der Waals surface area contributed by atoms with Crippen LogP contribution < -0.4 is 5.32 Å². The molecule has 1 unspecified atom stereocenters. The summed E-state index contributed by atoms with van der Waals surface area (Å²) >= 11 is 0. The predicted octanol–water partition coefficient (Wildman–Crippen LogP) is 4.12. The number of benzene rings is 3. The largest absolute Gasteiger partial charge is 0.465 e. The van der Waals surface area contributed by atoms with Crippen LogP contribution in [0.5, 0.6) is 0 Å². The van der Waals surface area contributed by atoms with E-state index in [1.165, 1.54) is 13.2 Å². The van der Waals surface area contributed by atoms with Crippen LogP contribution in [0.25, 0.3) is 11.0 Å². The molecule has 3 aromatic carbocycles. The highest BCUT2D eigenvalue weighted by Gasteiger charge is 2.23. The first-order chi connectivity index (χ1) is 15.1. The van der Waals surface area contributed by atoms with Gasteiger partial charge < -0.3 is 15.0 Å². The highest BCUT2D eigenvalue weighted by atomic mass is 16.5. The number of carbonyl (C=O) groups excluding carboxylic acids is 2. The highest BCUT2D eigenvalue weighted by Crippen LogP contribution is 2.32. The van der Waals surface area contributed by atoms with Crippen LogP contribution in [0, 0.1) is 0 Å². The number of esters is 1. The van der Waals surface area contributed by atoms with E-state index in [-0.39, 0.29) is 11.9 Å². The van der Waals surface area contributed by atoms with Crippen molar-refractivity contribution in [3.8, 4) is 0 Å². The minimum Gasteiger partial charge on any atom is -0.465 e. The number of hydrogen-bond donors (Lipinski definition) is 2. The maximum absolute atomic E-state index is 12.7. The Balaban J connectivity index is 1.39. The van der Waals surface area contributed by atoms with Gasteiger partial charge in [0.05, 0.1) is 23.7 Å². The molecule has 2 heterocycles. The van der Waals surface area contributed by atoms with E-state index in [2.05, 4.69) is 15.3 Å². The minimum atomic E-state index is -0.490. The molecule has 1 aromatic heterocycles. The number of aromatic amines is 1. The van der Waals surface area contributed by atoms with Gasteiger partial charge in [0.1, 0.15) is 11.9 Å². The molecule has 0 spiro atoms. The Morgan fingerprint density at radius 1 is 1.00 bits per heavy atom. The Hall–Kier alpha value is -4.26. The summed E-state index contributed by atoms with van der Waals surface area (Å²) < 4.78 is 4.71. The van der Waals surface area contributed by atoms with E-state index >= 15 is 0 Å². The number of aliphatic imine (C=N–C) groups is 1. The molecule has 0 aliphatic carbocycles. The molecule has 7 heteroatoms. The third-order valence-corrected chi connectivity index (χ3v) is 5.22. The van der Waals surface area contributed by atoms with Gasteiger partial charge in [0.15, 0.2) is 0 Å². The molecule has 5 rings (SSSR count). The number of ether oxygens (including phenoxy) is 1. The second-order valence-electron chi connectivity index (χ2n) is 7.19. The number of aromatic nitrogens is 2. The molecule has 0 saturated carbocycles. The maximum Gasteiger partial charge on any atom is 0.337 e. The maximum atomic E-state index is 12.7. The Morgan fingerprint density at radius 2 is 1.84 bits per heavy atom. The third kappa shape index (κ3) is 3.46. The van der Waals surface area contributed by atoms with Crippen molar-refractivity contribution in [2.24, 2.45) is 4.99 Å². The number of methoxy groups -OCH3 is 1. The first-order valence-electron chi connectivity index (χ1n) is 9.74. The fourth-order valence-electron chi connectivity index (χ4n) is 3.67. The van der Waals surface area contributed by atoms with E-state index in [1.807, 2.05) is 42.6 Å². The van der Waals surface area contributed by atoms with Gasteiger partial charge in [-0.1, -0.05) is 30.3 Å². The van der Waals surface area contributed by atoms with E-state index in [0.29, 0.717) is 16.8 Å². The monoisotopic (exact) mass is 410 g/mol. The molecule has 1 aliphatic heterocycles. The molecule has 31 heavy (non-hydrogen) atoms.